The SMILES string of the molecule is COc1cc(Br)c(CCNC(=O)c2sc(-c3cccs3)nc2C)cc1OC. The molecule has 3 rings (SSSR count). The molecule has 0 radical (unpaired) electrons. The number of halogens is 1. The van der Waals surface area contributed by atoms with Crippen LogP contribution in [0.5, 0.6) is 11.5 Å². The van der Waals surface area contributed by atoms with Crippen LogP contribution in [-0.2, 0) is 6.42 Å². The summed E-state index contributed by atoms with van der Waals surface area (Å²) in [5, 5.41) is 5.87. The van der Waals surface area contributed by atoms with E-state index in [4.69, 9.17) is 9.47 Å². The summed E-state index contributed by atoms with van der Waals surface area (Å²) < 4.78 is 11.6. The first-order chi connectivity index (χ1) is 13.0. The van der Waals surface area contributed by atoms with Gasteiger partial charge in [0.05, 0.1) is 24.8 Å². The Hall–Kier alpha value is -1.90. The highest BCUT2D eigenvalue weighted by Gasteiger charge is 2.17. The van der Waals surface area contributed by atoms with E-state index >= 15 is 0 Å². The second-order valence-corrected chi connectivity index (χ2v) is 8.52. The van der Waals surface area contributed by atoms with Crippen LogP contribution in [-0.4, -0.2) is 31.7 Å². The van der Waals surface area contributed by atoms with Crippen molar-refractivity contribution in [2.45, 2.75) is 13.3 Å². The first-order valence-electron chi connectivity index (χ1n) is 8.23. The van der Waals surface area contributed by atoms with Gasteiger partial charge < -0.3 is 14.8 Å². The Balaban J connectivity index is 1.65. The number of hydrogen-bond donors (Lipinski definition) is 1. The second kappa shape index (κ2) is 8.86. The van der Waals surface area contributed by atoms with Gasteiger partial charge in [-0.15, -0.1) is 22.7 Å². The van der Waals surface area contributed by atoms with Crippen LogP contribution < -0.4 is 14.8 Å². The summed E-state index contributed by atoms with van der Waals surface area (Å²) in [7, 11) is 3.21. The van der Waals surface area contributed by atoms with E-state index in [1.165, 1.54) is 11.3 Å². The van der Waals surface area contributed by atoms with Gasteiger partial charge in [0.15, 0.2) is 11.5 Å². The summed E-state index contributed by atoms with van der Waals surface area (Å²) in [6.07, 6.45) is 0.669. The number of carbonyl (C=O) groups is 1. The van der Waals surface area contributed by atoms with Crippen molar-refractivity contribution >= 4 is 44.5 Å². The van der Waals surface area contributed by atoms with E-state index < -0.39 is 0 Å². The number of thiophene rings is 1. The summed E-state index contributed by atoms with van der Waals surface area (Å²) >= 11 is 6.59. The van der Waals surface area contributed by atoms with E-state index in [1.54, 1.807) is 25.6 Å². The van der Waals surface area contributed by atoms with Crippen molar-refractivity contribution in [3.8, 4) is 21.4 Å². The van der Waals surface area contributed by atoms with Gasteiger partial charge in [-0.05, 0) is 42.5 Å². The molecule has 1 N–H and O–H groups in total. The highest BCUT2D eigenvalue weighted by molar-refractivity contribution is 9.10. The third-order valence-corrected chi connectivity index (χ3v) is 6.90. The van der Waals surface area contributed by atoms with E-state index in [0.717, 1.165) is 25.6 Å². The maximum atomic E-state index is 12.6. The van der Waals surface area contributed by atoms with Gasteiger partial charge in [0, 0.05) is 11.0 Å². The standard InChI is InChI=1S/C19H19BrN2O3S2/c1-11-17(27-19(22-11)16-5-4-8-26-16)18(23)21-7-6-12-9-14(24-2)15(25-3)10-13(12)20/h4-5,8-10H,6-7H2,1-3H3,(H,21,23). The summed E-state index contributed by atoms with van der Waals surface area (Å²) in [5.41, 5.74) is 1.79. The van der Waals surface area contributed by atoms with Gasteiger partial charge in [0.1, 0.15) is 9.88 Å². The molecule has 5 nitrogen and oxygen atoms in total. The Kier molecular flexibility index (Phi) is 6.51. The molecule has 27 heavy (non-hydrogen) atoms. The number of hydrogen-bond acceptors (Lipinski definition) is 6. The van der Waals surface area contributed by atoms with Crippen LogP contribution in [0.3, 0.4) is 0 Å². The Labute approximate surface area is 174 Å². The van der Waals surface area contributed by atoms with Crippen LogP contribution in [0.2, 0.25) is 0 Å². The Bertz CT molecular complexity index is 939. The van der Waals surface area contributed by atoms with Gasteiger partial charge in [-0.3, -0.25) is 4.79 Å². The average molecular weight is 467 g/mol. The van der Waals surface area contributed by atoms with Crippen LogP contribution >= 0.6 is 38.6 Å². The van der Waals surface area contributed by atoms with Crippen molar-refractivity contribution in [3.63, 3.8) is 0 Å². The molecule has 3 aromatic rings. The molecule has 0 spiro atoms. The first-order valence-corrected chi connectivity index (χ1v) is 10.7. The quantitative estimate of drug-likeness (QED) is 0.535. The van der Waals surface area contributed by atoms with E-state index in [1.807, 2.05) is 36.6 Å². The van der Waals surface area contributed by atoms with E-state index in [9.17, 15) is 4.79 Å². The minimum atomic E-state index is -0.0931. The lowest BCUT2D eigenvalue weighted by molar-refractivity contribution is 0.0957. The highest BCUT2D eigenvalue weighted by Crippen LogP contribution is 2.33. The Morgan fingerprint density at radius 2 is 2.00 bits per heavy atom. The minimum absolute atomic E-state index is 0.0931. The molecule has 0 saturated carbocycles. The molecule has 0 unspecified atom stereocenters. The number of carbonyl (C=O) groups excluding carboxylic acids is 1. The topological polar surface area (TPSA) is 60.5 Å². The lowest BCUT2D eigenvalue weighted by Gasteiger charge is -2.12. The number of benzene rings is 1. The van der Waals surface area contributed by atoms with Crippen LogP contribution in [0.4, 0.5) is 0 Å². The molecule has 1 amide bonds. The Morgan fingerprint density at radius 3 is 2.67 bits per heavy atom. The van der Waals surface area contributed by atoms with Gasteiger partial charge in [-0.1, -0.05) is 22.0 Å². The molecule has 142 valence electrons. The molecular formula is C19H19BrN2O3S2. The molecule has 0 saturated heterocycles. The molecule has 0 bridgehead atoms. The maximum Gasteiger partial charge on any atom is 0.263 e. The first kappa shape index (κ1) is 19.9. The van der Waals surface area contributed by atoms with Gasteiger partial charge in [0.2, 0.25) is 0 Å². The van der Waals surface area contributed by atoms with Crippen LogP contribution in [0, 0.1) is 6.92 Å². The van der Waals surface area contributed by atoms with Crippen LogP contribution in [0.25, 0.3) is 9.88 Å². The predicted molar refractivity (Wildman–Crippen MR) is 113 cm³/mol. The van der Waals surface area contributed by atoms with Crippen LogP contribution in [0.1, 0.15) is 20.9 Å². The fourth-order valence-corrected chi connectivity index (χ4v) is 4.89. The van der Waals surface area contributed by atoms with Crippen LogP contribution in [0.15, 0.2) is 34.1 Å². The molecular weight excluding hydrogens is 448 g/mol. The van der Waals surface area contributed by atoms with E-state index in [2.05, 4.69) is 26.2 Å². The third-order valence-electron chi connectivity index (χ3n) is 3.97. The zero-order valence-corrected chi connectivity index (χ0v) is 18.4. The molecule has 0 atom stereocenters. The van der Waals surface area contributed by atoms with Gasteiger partial charge in [0.25, 0.3) is 5.91 Å². The monoisotopic (exact) mass is 466 g/mol. The molecule has 0 aliphatic carbocycles. The number of aryl methyl sites for hydroxylation is 1. The van der Waals surface area contributed by atoms with Crippen molar-refractivity contribution in [1.82, 2.24) is 10.3 Å². The smallest absolute Gasteiger partial charge is 0.263 e. The van der Waals surface area contributed by atoms with Gasteiger partial charge in [-0.2, -0.15) is 0 Å². The molecule has 8 heteroatoms. The molecule has 2 aromatic heterocycles. The van der Waals surface area contributed by atoms with E-state index in [0.29, 0.717) is 29.3 Å². The normalized spacial score (nSPS) is 10.7. The number of thiazole rings is 1. The molecule has 0 aliphatic rings. The van der Waals surface area contributed by atoms with Crippen molar-refractivity contribution in [2.24, 2.45) is 0 Å². The van der Waals surface area contributed by atoms with E-state index in [-0.39, 0.29) is 5.91 Å². The number of methoxy groups -OCH3 is 2. The Morgan fingerprint density at radius 1 is 1.26 bits per heavy atom. The number of aromatic nitrogens is 1. The lowest BCUT2D eigenvalue weighted by atomic mass is 10.1. The van der Waals surface area contributed by atoms with Crippen molar-refractivity contribution < 1.29 is 14.3 Å². The molecule has 2 heterocycles. The number of ether oxygens (including phenoxy) is 2. The summed E-state index contributed by atoms with van der Waals surface area (Å²) in [4.78, 5) is 18.8. The van der Waals surface area contributed by atoms with Crippen molar-refractivity contribution in [3.05, 3.63) is 50.3 Å². The van der Waals surface area contributed by atoms with Gasteiger partial charge >= 0.3 is 0 Å². The van der Waals surface area contributed by atoms with Crippen molar-refractivity contribution in [2.75, 3.05) is 20.8 Å². The highest BCUT2D eigenvalue weighted by atomic mass is 79.9. The number of amides is 1. The molecule has 1 aromatic carbocycles. The molecule has 0 aliphatic heterocycles. The largest absolute Gasteiger partial charge is 0.493 e. The maximum absolute atomic E-state index is 12.6. The predicted octanol–water partition coefficient (Wildman–Crippen LogP) is 4.93. The summed E-state index contributed by atoms with van der Waals surface area (Å²) in [6.45, 7) is 2.38. The molecule has 0 fully saturated rings. The third kappa shape index (κ3) is 4.51. The fraction of sp³-hybridized carbons (Fsp3) is 0.263. The summed E-state index contributed by atoms with van der Waals surface area (Å²) in [5.74, 6) is 1.24. The average Bonchev–Trinajstić information content (AvgIpc) is 3.32. The minimum Gasteiger partial charge on any atom is -0.493 e. The van der Waals surface area contributed by atoms with Gasteiger partial charge in [-0.25, -0.2) is 4.98 Å². The fourth-order valence-electron chi connectivity index (χ4n) is 2.59. The second-order valence-electron chi connectivity index (χ2n) is 5.72. The number of rotatable bonds is 7. The number of nitrogens with zero attached hydrogens (tertiary/aromatic N) is 1. The zero-order chi connectivity index (χ0) is 19.4. The lowest BCUT2D eigenvalue weighted by Crippen LogP contribution is -2.25. The zero-order valence-electron chi connectivity index (χ0n) is 15.2. The number of nitrogens with one attached hydrogen (secondary N) is 1. The van der Waals surface area contributed by atoms with Crippen molar-refractivity contribution in [1.29, 1.82) is 0 Å². The summed E-state index contributed by atoms with van der Waals surface area (Å²) in [6, 6.07) is 7.79.